The Morgan fingerprint density at radius 2 is 1.76 bits per heavy atom. The van der Waals surface area contributed by atoms with Crippen LogP contribution in [-0.2, 0) is 6.54 Å². The normalized spacial score (nSPS) is 10.9. The smallest absolute Gasteiger partial charge is 0.0635 e. The van der Waals surface area contributed by atoms with Crippen molar-refractivity contribution in [1.82, 2.24) is 4.90 Å². The average molecular weight is 230 g/mol. The van der Waals surface area contributed by atoms with Crippen molar-refractivity contribution in [2.75, 3.05) is 6.54 Å². The first kappa shape index (κ1) is 13.7. The predicted octanol–water partition coefficient (Wildman–Crippen LogP) is 3.43. The van der Waals surface area contributed by atoms with Crippen molar-refractivity contribution in [2.45, 2.75) is 46.7 Å². The van der Waals surface area contributed by atoms with Crippen molar-refractivity contribution in [2.24, 2.45) is 0 Å². The van der Waals surface area contributed by atoms with E-state index in [4.69, 9.17) is 5.26 Å². The van der Waals surface area contributed by atoms with Crippen LogP contribution in [0, 0.1) is 25.2 Å². The highest BCUT2D eigenvalue weighted by atomic mass is 15.1. The van der Waals surface area contributed by atoms with E-state index in [1.807, 2.05) is 0 Å². The van der Waals surface area contributed by atoms with E-state index in [2.05, 4.69) is 56.9 Å². The Bertz CT molecular complexity index is 382. The Balaban J connectivity index is 2.75. The molecule has 0 radical (unpaired) electrons. The van der Waals surface area contributed by atoms with Crippen LogP contribution in [-0.4, -0.2) is 17.5 Å². The molecule has 0 amide bonds. The van der Waals surface area contributed by atoms with Gasteiger partial charge in [0.1, 0.15) is 0 Å². The number of rotatable bonds is 5. The molecule has 0 unspecified atom stereocenters. The molecule has 0 aromatic heterocycles. The molecule has 92 valence electrons. The van der Waals surface area contributed by atoms with Crippen molar-refractivity contribution < 1.29 is 0 Å². The van der Waals surface area contributed by atoms with Crippen LogP contribution < -0.4 is 0 Å². The molecule has 0 heterocycles. The molecule has 1 rings (SSSR count). The van der Waals surface area contributed by atoms with E-state index in [0.29, 0.717) is 12.5 Å². The minimum atomic E-state index is 0.476. The summed E-state index contributed by atoms with van der Waals surface area (Å²) in [5.74, 6) is 0. The molecule has 0 saturated carbocycles. The summed E-state index contributed by atoms with van der Waals surface area (Å²) in [6, 6.07) is 9.35. The Morgan fingerprint density at radius 1 is 1.18 bits per heavy atom. The van der Waals surface area contributed by atoms with Crippen LogP contribution in [0.15, 0.2) is 18.2 Å². The van der Waals surface area contributed by atoms with Crippen LogP contribution in [0.1, 0.15) is 37.0 Å². The van der Waals surface area contributed by atoms with Crippen molar-refractivity contribution >= 4 is 0 Å². The molecule has 1 aromatic carbocycles. The monoisotopic (exact) mass is 230 g/mol. The predicted molar refractivity (Wildman–Crippen MR) is 71.7 cm³/mol. The van der Waals surface area contributed by atoms with E-state index in [9.17, 15) is 0 Å². The second-order valence-corrected chi connectivity index (χ2v) is 4.97. The largest absolute Gasteiger partial charge is 0.296 e. The lowest BCUT2D eigenvalue weighted by molar-refractivity contribution is 0.218. The van der Waals surface area contributed by atoms with E-state index < -0.39 is 0 Å². The van der Waals surface area contributed by atoms with Gasteiger partial charge in [0.15, 0.2) is 0 Å². The Labute approximate surface area is 105 Å². The van der Waals surface area contributed by atoms with Crippen molar-refractivity contribution in [1.29, 1.82) is 5.26 Å². The fourth-order valence-corrected chi connectivity index (χ4v) is 2.11. The second kappa shape index (κ2) is 6.42. The molecule has 17 heavy (non-hydrogen) atoms. The van der Waals surface area contributed by atoms with Crippen LogP contribution >= 0.6 is 0 Å². The summed E-state index contributed by atoms with van der Waals surface area (Å²) in [6.07, 6.45) is 0.600. The third-order valence-corrected chi connectivity index (χ3v) is 2.91. The fraction of sp³-hybridized carbons (Fsp3) is 0.533. The zero-order chi connectivity index (χ0) is 12.8. The Kier molecular flexibility index (Phi) is 5.18. The maximum atomic E-state index is 8.67. The lowest BCUT2D eigenvalue weighted by atomic mass is 10.1. The van der Waals surface area contributed by atoms with Crippen LogP contribution in [0.5, 0.6) is 0 Å². The van der Waals surface area contributed by atoms with Crippen LogP contribution in [0.3, 0.4) is 0 Å². The van der Waals surface area contributed by atoms with Gasteiger partial charge in [0.05, 0.1) is 6.07 Å². The number of hydrogen-bond donors (Lipinski definition) is 0. The summed E-state index contributed by atoms with van der Waals surface area (Å²) < 4.78 is 0. The molecular formula is C15H22N2. The highest BCUT2D eigenvalue weighted by molar-refractivity contribution is 5.28. The van der Waals surface area contributed by atoms with Crippen molar-refractivity contribution in [3.63, 3.8) is 0 Å². The molecular weight excluding hydrogens is 208 g/mol. The zero-order valence-corrected chi connectivity index (χ0v) is 11.3. The molecule has 0 aliphatic heterocycles. The summed E-state index contributed by atoms with van der Waals surface area (Å²) in [7, 11) is 0. The molecule has 0 spiro atoms. The molecule has 0 aliphatic carbocycles. The van der Waals surface area contributed by atoms with Gasteiger partial charge in [0, 0.05) is 25.6 Å². The van der Waals surface area contributed by atoms with Gasteiger partial charge in [-0.05, 0) is 33.3 Å². The van der Waals surface area contributed by atoms with Crippen LogP contribution in [0.4, 0.5) is 0 Å². The topological polar surface area (TPSA) is 27.0 Å². The zero-order valence-electron chi connectivity index (χ0n) is 11.3. The van der Waals surface area contributed by atoms with E-state index >= 15 is 0 Å². The third-order valence-electron chi connectivity index (χ3n) is 2.91. The van der Waals surface area contributed by atoms with E-state index in [-0.39, 0.29) is 0 Å². The van der Waals surface area contributed by atoms with Gasteiger partial charge in [0.25, 0.3) is 0 Å². The quantitative estimate of drug-likeness (QED) is 0.775. The van der Waals surface area contributed by atoms with E-state index in [0.717, 1.165) is 13.1 Å². The Hall–Kier alpha value is -1.33. The maximum absolute atomic E-state index is 8.67. The second-order valence-electron chi connectivity index (χ2n) is 4.97. The molecule has 0 bridgehead atoms. The SMILES string of the molecule is Cc1cc(C)cc(CN(CCC#N)C(C)C)c1. The van der Waals surface area contributed by atoms with Gasteiger partial charge in [-0.2, -0.15) is 5.26 Å². The summed E-state index contributed by atoms with van der Waals surface area (Å²) in [4.78, 5) is 2.34. The van der Waals surface area contributed by atoms with Gasteiger partial charge in [-0.3, -0.25) is 4.90 Å². The van der Waals surface area contributed by atoms with Gasteiger partial charge in [0.2, 0.25) is 0 Å². The van der Waals surface area contributed by atoms with Crippen LogP contribution in [0.25, 0.3) is 0 Å². The molecule has 2 heteroatoms. The van der Waals surface area contributed by atoms with Crippen LogP contribution in [0.2, 0.25) is 0 Å². The van der Waals surface area contributed by atoms with Gasteiger partial charge in [-0.25, -0.2) is 0 Å². The van der Waals surface area contributed by atoms with Gasteiger partial charge in [-0.15, -0.1) is 0 Å². The van der Waals surface area contributed by atoms with E-state index in [1.165, 1.54) is 16.7 Å². The lowest BCUT2D eigenvalue weighted by Crippen LogP contribution is -2.31. The highest BCUT2D eigenvalue weighted by Gasteiger charge is 2.10. The van der Waals surface area contributed by atoms with Crippen molar-refractivity contribution in [3.05, 3.63) is 34.9 Å². The number of nitrogens with zero attached hydrogens (tertiary/aromatic N) is 2. The van der Waals surface area contributed by atoms with Gasteiger partial charge in [-0.1, -0.05) is 29.3 Å². The maximum Gasteiger partial charge on any atom is 0.0635 e. The molecule has 0 saturated heterocycles. The van der Waals surface area contributed by atoms with Gasteiger partial charge < -0.3 is 0 Å². The number of nitriles is 1. The minimum Gasteiger partial charge on any atom is -0.296 e. The molecule has 2 nitrogen and oxygen atoms in total. The third kappa shape index (κ3) is 4.58. The molecule has 0 atom stereocenters. The summed E-state index contributed by atoms with van der Waals surface area (Å²) >= 11 is 0. The number of benzene rings is 1. The standard InChI is InChI=1S/C15H22N2/c1-12(2)17(7-5-6-16)11-15-9-13(3)8-14(4)10-15/h8-10,12H,5,7,11H2,1-4H3. The summed E-state index contributed by atoms with van der Waals surface area (Å²) in [6.45, 7) is 10.4. The first-order valence-corrected chi connectivity index (χ1v) is 6.21. The van der Waals surface area contributed by atoms with Crippen molar-refractivity contribution in [3.8, 4) is 6.07 Å². The molecule has 1 aromatic rings. The Morgan fingerprint density at radius 3 is 2.24 bits per heavy atom. The summed E-state index contributed by atoms with van der Waals surface area (Å²) in [5.41, 5.74) is 3.96. The highest BCUT2D eigenvalue weighted by Crippen LogP contribution is 2.13. The first-order chi connectivity index (χ1) is 8.02. The fourth-order valence-electron chi connectivity index (χ4n) is 2.11. The molecule has 0 aliphatic rings. The summed E-state index contributed by atoms with van der Waals surface area (Å²) in [5, 5.41) is 8.67. The lowest BCUT2D eigenvalue weighted by Gasteiger charge is -2.25. The number of aryl methyl sites for hydroxylation is 2. The van der Waals surface area contributed by atoms with Gasteiger partial charge >= 0.3 is 0 Å². The average Bonchev–Trinajstić information content (AvgIpc) is 2.22. The van der Waals surface area contributed by atoms with E-state index in [1.54, 1.807) is 0 Å². The minimum absolute atomic E-state index is 0.476. The number of hydrogen-bond acceptors (Lipinski definition) is 2. The molecule has 0 fully saturated rings. The first-order valence-electron chi connectivity index (χ1n) is 6.21. The molecule has 0 N–H and O–H groups in total.